The zero-order chi connectivity index (χ0) is 23.5. The molecule has 0 aromatic heterocycles. The Morgan fingerprint density at radius 1 is 0.567 bits per heavy atom. The van der Waals surface area contributed by atoms with Crippen LogP contribution in [-0.4, -0.2) is 34.6 Å². The molecule has 0 aliphatic carbocycles. The highest BCUT2D eigenvalue weighted by Gasteiger charge is 2.03. The van der Waals surface area contributed by atoms with Crippen LogP contribution >= 0.6 is 0 Å². The van der Waals surface area contributed by atoms with Gasteiger partial charge in [0, 0.05) is 12.8 Å². The molecule has 6 heteroatoms. The van der Waals surface area contributed by atoms with E-state index in [1.807, 2.05) is 13.8 Å². The summed E-state index contributed by atoms with van der Waals surface area (Å²) in [6.45, 7) is 3.71. The largest absolute Gasteiger partial charge is 0.481 e. The zero-order valence-corrected chi connectivity index (χ0v) is 19.3. The zero-order valence-electron chi connectivity index (χ0n) is 19.3. The molecule has 3 N–H and O–H groups in total. The SMILES string of the molecule is C#C.CC.O=C(O)CCCCCCCCCCCCCCCCC(=O)NCC(=O)O. The Morgan fingerprint density at radius 3 is 1.17 bits per heavy atom. The minimum absolute atomic E-state index is 0.172. The van der Waals surface area contributed by atoms with E-state index < -0.39 is 11.9 Å². The van der Waals surface area contributed by atoms with Gasteiger partial charge >= 0.3 is 11.9 Å². The number of terminal acetylenes is 1. The minimum atomic E-state index is -1.01. The number of carboxylic acid groups (broad SMARTS) is 2. The number of hydrogen-bond donors (Lipinski definition) is 3. The fourth-order valence-corrected chi connectivity index (χ4v) is 2.95. The molecule has 0 rings (SSSR count). The summed E-state index contributed by atoms with van der Waals surface area (Å²) in [5, 5.41) is 19.4. The lowest BCUT2D eigenvalue weighted by molar-refractivity contribution is -0.138. The minimum Gasteiger partial charge on any atom is -0.481 e. The quantitative estimate of drug-likeness (QED) is 0.179. The molecule has 0 aromatic rings. The Morgan fingerprint density at radius 2 is 0.867 bits per heavy atom. The molecule has 30 heavy (non-hydrogen) atoms. The number of carbonyl (C=O) groups excluding carboxylic acids is 1. The van der Waals surface area contributed by atoms with Gasteiger partial charge in [-0.15, -0.1) is 12.8 Å². The topological polar surface area (TPSA) is 104 Å². The lowest BCUT2D eigenvalue weighted by Crippen LogP contribution is -2.28. The molecule has 0 aliphatic heterocycles. The van der Waals surface area contributed by atoms with Crippen molar-refractivity contribution < 1.29 is 24.6 Å². The first-order chi connectivity index (χ1) is 14.5. The van der Waals surface area contributed by atoms with Crippen LogP contribution in [0.3, 0.4) is 0 Å². The Labute approximate surface area is 184 Å². The number of carboxylic acids is 2. The van der Waals surface area contributed by atoms with E-state index in [4.69, 9.17) is 10.2 Å². The van der Waals surface area contributed by atoms with Gasteiger partial charge in [0.05, 0.1) is 0 Å². The molecule has 0 aliphatic rings. The van der Waals surface area contributed by atoms with E-state index in [9.17, 15) is 14.4 Å². The second-order valence-corrected chi connectivity index (χ2v) is 7.01. The smallest absolute Gasteiger partial charge is 0.322 e. The van der Waals surface area contributed by atoms with Gasteiger partial charge in [-0.25, -0.2) is 0 Å². The van der Waals surface area contributed by atoms with Gasteiger partial charge in [0.2, 0.25) is 5.91 Å². The molecule has 0 bridgehead atoms. The molecule has 0 atom stereocenters. The Bertz CT molecular complexity index is 421. The van der Waals surface area contributed by atoms with E-state index in [1.165, 1.54) is 51.4 Å². The molecule has 1 amide bonds. The average Bonchev–Trinajstić information content (AvgIpc) is 2.74. The third-order valence-corrected chi connectivity index (χ3v) is 4.48. The molecule has 6 nitrogen and oxygen atoms in total. The van der Waals surface area contributed by atoms with Crippen molar-refractivity contribution in [3.05, 3.63) is 0 Å². The second kappa shape index (κ2) is 29.2. The molecule has 0 radical (unpaired) electrons. The number of rotatable bonds is 19. The Balaban J connectivity index is -0.00000171. The molecule has 0 unspecified atom stereocenters. The van der Waals surface area contributed by atoms with E-state index in [2.05, 4.69) is 18.2 Å². The van der Waals surface area contributed by atoms with Crippen LogP contribution in [0, 0.1) is 12.8 Å². The maximum atomic E-state index is 11.3. The van der Waals surface area contributed by atoms with Crippen LogP contribution in [0.15, 0.2) is 0 Å². The van der Waals surface area contributed by atoms with Gasteiger partial charge in [0.1, 0.15) is 6.54 Å². The van der Waals surface area contributed by atoms with Crippen molar-refractivity contribution in [2.24, 2.45) is 0 Å². The Kier molecular flexibility index (Phi) is 31.7. The first-order valence-corrected chi connectivity index (χ1v) is 11.6. The number of unbranched alkanes of at least 4 members (excludes halogenated alkanes) is 13. The molecule has 0 fully saturated rings. The van der Waals surface area contributed by atoms with Gasteiger partial charge in [-0.05, 0) is 12.8 Å². The number of amides is 1. The first-order valence-electron chi connectivity index (χ1n) is 11.6. The number of carbonyl (C=O) groups is 3. The van der Waals surface area contributed by atoms with Crippen LogP contribution in [0.25, 0.3) is 0 Å². The molecule has 0 spiro atoms. The van der Waals surface area contributed by atoms with Gasteiger partial charge in [-0.2, -0.15) is 0 Å². The molecule has 0 saturated carbocycles. The summed E-state index contributed by atoms with van der Waals surface area (Å²) in [5.74, 6) is -1.87. The lowest BCUT2D eigenvalue weighted by atomic mass is 10.0. The highest BCUT2D eigenvalue weighted by atomic mass is 16.4. The predicted octanol–water partition coefficient (Wildman–Crippen LogP) is 5.79. The van der Waals surface area contributed by atoms with Crippen LogP contribution in [-0.2, 0) is 14.4 Å². The van der Waals surface area contributed by atoms with Crippen molar-refractivity contribution in [1.82, 2.24) is 5.32 Å². The summed E-state index contributed by atoms with van der Waals surface area (Å²) in [6.07, 6.45) is 24.8. The van der Waals surface area contributed by atoms with Gasteiger partial charge in [0.25, 0.3) is 0 Å². The van der Waals surface area contributed by atoms with Crippen LogP contribution < -0.4 is 5.32 Å². The lowest BCUT2D eigenvalue weighted by Gasteiger charge is -2.04. The highest BCUT2D eigenvalue weighted by Crippen LogP contribution is 2.13. The van der Waals surface area contributed by atoms with E-state index in [-0.39, 0.29) is 12.5 Å². The second-order valence-electron chi connectivity index (χ2n) is 7.01. The highest BCUT2D eigenvalue weighted by molar-refractivity contribution is 5.80. The van der Waals surface area contributed by atoms with Crippen LogP contribution in [0.4, 0.5) is 0 Å². The third kappa shape index (κ3) is 33.5. The maximum absolute atomic E-state index is 11.3. The number of hydrogen-bond acceptors (Lipinski definition) is 3. The van der Waals surface area contributed by atoms with Crippen LogP contribution in [0.2, 0.25) is 0 Å². The van der Waals surface area contributed by atoms with Gasteiger partial charge in [0.15, 0.2) is 0 Å². The number of nitrogens with one attached hydrogen (secondary N) is 1. The van der Waals surface area contributed by atoms with E-state index in [0.717, 1.165) is 38.5 Å². The van der Waals surface area contributed by atoms with Gasteiger partial charge in [-0.1, -0.05) is 90.9 Å². The fraction of sp³-hybridized carbons (Fsp3) is 0.792. The average molecular weight is 428 g/mol. The molecule has 176 valence electrons. The maximum Gasteiger partial charge on any atom is 0.322 e. The van der Waals surface area contributed by atoms with Crippen LogP contribution in [0.5, 0.6) is 0 Å². The summed E-state index contributed by atoms with van der Waals surface area (Å²) in [4.78, 5) is 32.0. The first kappa shape index (κ1) is 32.6. The Hall–Kier alpha value is -2.03. The third-order valence-electron chi connectivity index (χ3n) is 4.48. The summed E-state index contributed by atoms with van der Waals surface area (Å²) in [5.41, 5.74) is 0. The van der Waals surface area contributed by atoms with Crippen molar-refractivity contribution in [2.75, 3.05) is 6.54 Å². The van der Waals surface area contributed by atoms with E-state index >= 15 is 0 Å². The molecule has 0 saturated heterocycles. The van der Waals surface area contributed by atoms with E-state index in [0.29, 0.717) is 12.8 Å². The fourth-order valence-electron chi connectivity index (χ4n) is 2.95. The van der Waals surface area contributed by atoms with Gasteiger partial charge in [-0.3, -0.25) is 14.4 Å². The summed E-state index contributed by atoms with van der Waals surface area (Å²) in [7, 11) is 0. The monoisotopic (exact) mass is 427 g/mol. The van der Waals surface area contributed by atoms with E-state index in [1.54, 1.807) is 0 Å². The molecule has 0 heterocycles. The predicted molar refractivity (Wildman–Crippen MR) is 123 cm³/mol. The molecular formula is C24H45NO5. The number of aliphatic carboxylic acids is 2. The van der Waals surface area contributed by atoms with Crippen molar-refractivity contribution in [3.63, 3.8) is 0 Å². The molecular weight excluding hydrogens is 382 g/mol. The van der Waals surface area contributed by atoms with Crippen molar-refractivity contribution in [2.45, 2.75) is 117 Å². The summed E-state index contributed by atoms with van der Waals surface area (Å²) < 4.78 is 0. The summed E-state index contributed by atoms with van der Waals surface area (Å²) in [6, 6.07) is 0. The van der Waals surface area contributed by atoms with Crippen molar-refractivity contribution in [1.29, 1.82) is 0 Å². The normalized spacial score (nSPS) is 9.47. The molecule has 0 aromatic carbocycles. The summed E-state index contributed by atoms with van der Waals surface area (Å²) >= 11 is 0. The van der Waals surface area contributed by atoms with Crippen molar-refractivity contribution in [3.8, 4) is 12.8 Å². The standard InChI is InChI=1S/C20H37NO5.C2H6.C2H2/c22-18(21-17-20(25)26)15-13-11-9-7-5-3-1-2-4-6-8-10-12-14-16-19(23)24;2*1-2/h1-17H2,(H,21,22)(H,23,24)(H,25,26);1-2H3;1-2H. The van der Waals surface area contributed by atoms with Crippen LogP contribution in [0.1, 0.15) is 117 Å². The van der Waals surface area contributed by atoms with Gasteiger partial charge < -0.3 is 15.5 Å². The van der Waals surface area contributed by atoms with Crippen molar-refractivity contribution >= 4 is 17.8 Å².